The average Bonchev–Trinajstić information content (AvgIpc) is 3.29. The molecule has 0 spiro atoms. The number of hydrogen-bond donors (Lipinski definition) is 0. The Labute approximate surface area is 171 Å². The van der Waals surface area contributed by atoms with Crippen LogP contribution in [0, 0.1) is 0 Å². The molecule has 0 aliphatic carbocycles. The first-order chi connectivity index (χ1) is 14.5. The van der Waals surface area contributed by atoms with Crippen molar-refractivity contribution >= 4 is 33.4 Å². The second-order valence-electron chi connectivity index (χ2n) is 7.00. The first-order valence-corrected chi connectivity index (χ1v) is 8.96. The molecular formula is C19H15F5N6O. The Morgan fingerprint density at radius 1 is 1.10 bits per heavy atom. The maximum Gasteiger partial charge on any atom is 0.455 e. The number of pyridine rings is 1. The van der Waals surface area contributed by atoms with Gasteiger partial charge in [0.15, 0.2) is 5.82 Å². The van der Waals surface area contributed by atoms with E-state index in [4.69, 9.17) is 0 Å². The van der Waals surface area contributed by atoms with E-state index in [1.807, 2.05) is 0 Å². The molecule has 0 N–H and O–H groups in total. The topological polar surface area (TPSA) is 68.8 Å². The quantitative estimate of drug-likeness (QED) is 0.453. The predicted octanol–water partition coefficient (Wildman–Crippen LogP) is 3.95. The first kappa shape index (κ1) is 20.7. The SMILES string of the molecule is CC(=O)N(C)c1ccc2cn(-c3cc4cnn(CC(F)(F)C(F)(F)F)c4cn3)nc2c1. The lowest BCUT2D eigenvalue weighted by Crippen LogP contribution is -2.40. The number of anilines is 1. The van der Waals surface area contributed by atoms with Gasteiger partial charge in [-0.2, -0.15) is 32.1 Å². The number of halogens is 5. The monoisotopic (exact) mass is 438 g/mol. The fraction of sp³-hybridized carbons (Fsp3) is 0.263. The van der Waals surface area contributed by atoms with Crippen LogP contribution in [0.1, 0.15) is 6.92 Å². The maximum atomic E-state index is 13.4. The molecule has 4 rings (SSSR count). The zero-order chi connectivity index (χ0) is 22.6. The molecule has 0 aliphatic rings. The smallest absolute Gasteiger partial charge is 0.316 e. The van der Waals surface area contributed by atoms with Crippen molar-refractivity contribution in [1.29, 1.82) is 0 Å². The summed E-state index contributed by atoms with van der Waals surface area (Å²) in [5.74, 6) is -4.74. The van der Waals surface area contributed by atoms with Gasteiger partial charge in [-0.05, 0) is 24.3 Å². The molecule has 7 nitrogen and oxygen atoms in total. The number of nitrogens with zero attached hydrogens (tertiary/aromatic N) is 6. The highest BCUT2D eigenvalue weighted by molar-refractivity contribution is 5.93. The molecule has 12 heteroatoms. The van der Waals surface area contributed by atoms with Crippen LogP contribution in [0.25, 0.3) is 27.6 Å². The summed E-state index contributed by atoms with van der Waals surface area (Å²) in [5.41, 5.74) is 1.28. The van der Waals surface area contributed by atoms with E-state index in [9.17, 15) is 26.7 Å². The number of amides is 1. The standard InChI is InChI=1S/C19H15F5N6O/c1-11(31)28(2)14-4-3-12-9-29(27-15(12)6-14)17-5-13-7-26-30(16(13)8-25-17)10-18(20,21)19(22,23)24/h3-9H,10H2,1-2H3. The van der Waals surface area contributed by atoms with Crippen molar-refractivity contribution < 1.29 is 26.7 Å². The third-order valence-electron chi connectivity index (χ3n) is 4.86. The van der Waals surface area contributed by atoms with Crippen molar-refractivity contribution in [2.45, 2.75) is 25.6 Å². The summed E-state index contributed by atoms with van der Waals surface area (Å²) in [6, 6.07) is 6.75. The van der Waals surface area contributed by atoms with E-state index in [0.717, 1.165) is 5.39 Å². The highest BCUT2D eigenvalue weighted by Crippen LogP contribution is 2.37. The van der Waals surface area contributed by atoms with Gasteiger partial charge in [0, 0.05) is 36.6 Å². The first-order valence-electron chi connectivity index (χ1n) is 8.96. The molecule has 0 unspecified atom stereocenters. The number of hydrogen-bond acceptors (Lipinski definition) is 4. The minimum atomic E-state index is -5.68. The third-order valence-corrected chi connectivity index (χ3v) is 4.86. The van der Waals surface area contributed by atoms with Gasteiger partial charge in [0.25, 0.3) is 0 Å². The second-order valence-corrected chi connectivity index (χ2v) is 7.00. The van der Waals surface area contributed by atoms with Gasteiger partial charge < -0.3 is 4.90 Å². The molecule has 0 saturated carbocycles. The highest BCUT2D eigenvalue weighted by atomic mass is 19.4. The third kappa shape index (κ3) is 3.68. The number of alkyl halides is 5. The lowest BCUT2D eigenvalue weighted by molar-refractivity contribution is -0.287. The summed E-state index contributed by atoms with van der Waals surface area (Å²) in [6.07, 6.45) is -1.63. The van der Waals surface area contributed by atoms with Gasteiger partial charge in [-0.1, -0.05) is 0 Å². The molecule has 0 fully saturated rings. The Hall–Kier alpha value is -3.57. The van der Waals surface area contributed by atoms with E-state index in [2.05, 4.69) is 15.2 Å². The Morgan fingerprint density at radius 3 is 2.52 bits per heavy atom. The summed E-state index contributed by atoms with van der Waals surface area (Å²) in [6.45, 7) is -0.203. The molecule has 31 heavy (non-hydrogen) atoms. The number of rotatable bonds is 4. The molecule has 0 aliphatic heterocycles. The van der Waals surface area contributed by atoms with Gasteiger partial charge in [0.1, 0.15) is 6.54 Å². The number of carbonyl (C=O) groups excluding carboxylic acids is 1. The Bertz CT molecular complexity index is 1290. The van der Waals surface area contributed by atoms with Gasteiger partial charge in [-0.3, -0.25) is 9.48 Å². The molecular weight excluding hydrogens is 423 g/mol. The van der Waals surface area contributed by atoms with Gasteiger partial charge in [-0.25, -0.2) is 9.67 Å². The number of carbonyl (C=O) groups is 1. The summed E-state index contributed by atoms with van der Waals surface area (Å²) in [5, 5.41) is 9.16. The summed E-state index contributed by atoms with van der Waals surface area (Å²) in [4.78, 5) is 17.1. The highest BCUT2D eigenvalue weighted by Gasteiger charge is 2.57. The van der Waals surface area contributed by atoms with Crippen LogP contribution in [-0.4, -0.2) is 49.6 Å². The van der Waals surface area contributed by atoms with Crippen molar-refractivity contribution in [3.05, 3.63) is 42.9 Å². The lowest BCUT2D eigenvalue weighted by Gasteiger charge is -2.19. The fourth-order valence-electron chi connectivity index (χ4n) is 3.01. The van der Waals surface area contributed by atoms with Crippen LogP contribution in [0.4, 0.5) is 27.6 Å². The van der Waals surface area contributed by atoms with Crippen LogP contribution < -0.4 is 4.90 Å². The van der Waals surface area contributed by atoms with Gasteiger partial charge in [0.2, 0.25) is 5.91 Å². The Balaban J connectivity index is 1.68. The van der Waals surface area contributed by atoms with E-state index < -0.39 is 18.6 Å². The molecule has 3 aromatic heterocycles. The zero-order valence-corrected chi connectivity index (χ0v) is 16.2. The van der Waals surface area contributed by atoms with E-state index >= 15 is 0 Å². The Morgan fingerprint density at radius 2 is 1.84 bits per heavy atom. The lowest BCUT2D eigenvalue weighted by atomic mass is 10.2. The summed E-state index contributed by atoms with van der Waals surface area (Å²) < 4.78 is 66.3. The van der Waals surface area contributed by atoms with Crippen LogP contribution >= 0.6 is 0 Å². The van der Waals surface area contributed by atoms with Gasteiger partial charge >= 0.3 is 12.1 Å². The number of benzene rings is 1. The van der Waals surface area contributed by atoms with Crippen LogP contribution in [0.15, 0.2) is 42.9 Å². The molecule has 162 valence electrons. The van der Waals surface area contributed by atoms with Crippen molar-refractivity contribution in [1.82, 2.24) is 24.5 Å². The summed E-state index contributed by atoms with van der Waals surface area (Å²) >= 11 is 0. The van der Waals surface area contributed by atoms with Crippen molar-refractivity contribution in [3.8, 4) is 5.82 Å². The fourth-order valence-corrected chi connectivity index (χ4v) is 3.01. The predicted molar refractivity (Wildman–Crippen MR) is 102 cm³/mol. The molecule has 0 radical (unpaired) electrons. The molecule has 1 aromatic carbocycles. The zero-order valence-electron chi connectivity index (χ0n) is 16.2. The van der Waals surface area contributed by atoms with E-state index in [1.54, 1.807) is 31.4 Å². The Kier molecular flexibility index (Phi) is 4.67. The molecule has 3 heterocycles. The minimum absolute atomic E-state index is 0.0368. The minimum Gasteiger partial charge on any atom is -0.316 e. The average molecular weight is 438 g/mol. The van der Waals surface area contributed by atoms with E-state index in [0.29, 0.717) is 27.1 Å². The van der Waals surface area contributed by atoms with Crippen LogP contribution in [0.5, 0.6) is 0 Å². The van der Waals surface area contributed by atoms with E-state index in [-0.39, 0.29) is 11.4 Å². The van der Waals surface area contributed by atoms with Crippen molar-refractivity contribution in [3.63, 3.8) is 0 Å². The van der Waals surface area contributed by atoms with Crippen LogP contribution in [-0.2, 0) is 11.3 Å². The number of aromatic nitrogens is 5. The molecule has 0 saturated heterocycles. The van der Waals surface area contributed by atoms with Crippen LogP contribution in [0.2, 0.25) is 0 Å². The van der Waals surface area contributed by atoms with Crippen LogP contribution in [0.3, 0.4) is 0 Å². The van der Waals surface area contributed by atoms with E-state index in [1.165, 1.54) is 35.0 Å². The number of fused-ring (bicyclic) bond motifs is 2. The molecule has 0 bridgehead atoms. The van der Waals surface area contributed by atoms with Gasteiger partial charge in [-0.15, -0.1) is 0 Å². The van der Waals surface area contributed by atoms with Crippen molar-refractivity contribution in [2.75, 3.05) is 11.9 Å². The molecule has 0 atom stereocenters. The normalized spacial score (nSPS) is 12.6. The largest absolute Gasteiger partial charge is 0.455 e. The second kappa shape index (κ2) is 7.00. The molecule has 1 amide bonds. The van der Waals surface area contributed by atoms with Gasteiger partial charge in [0.05, 0.1) is 23.4 Å². The summed E-state index contributed by atoms with van der Waals surface area (Å²) in [7, 11) is 1.63. The maximum absolute atomic E-state index is 13.4. The molecule has 4 aromatic rings. The van der Waals surface area contributed by atoms with Crippen molar-refractivity contribution in [2.24, 2.45) is 0 Å².